The quantitative estimate of drug-likeness (QED) is 0.182. The molecule has 17 nitrogen and oxygen atoms in total. The molecule has 4 heterocycles. The molecule has 65 heavy (non-hydrogen) atoms. The number of amides is 2. The highest BCUT2D eigenvalue weighted by atomic mass is 16.7. The molecule has 5 rings (SSSR count). The van der Waals surface area contributed by atoms with Gasteiger partial charge in [0.1, 0.15) is 35.8 Å². The van der Waals surface area contributed by atoms with Crippen molar-refractivity contribution < 1.29 is 57.5 Å². The van der Waals surface area contributed by atoms with Gasteiger partial charge < -0.3 is 49.1 Å². The van der Waals surface area contributed by atoms with Crippen LogP contribution in [0, 0.1) is 29.6 Å². The topological polar surface area (TPSA) is 214 Å². The molecule has 2 amide bonds. The molecular formula is C48H69N5O12. The van der Waals surface area contributed by atoms with Gasteiger partial charge in [-0.2, -0.15) is 10.2 Å². The summed E-state index contributed by atoms with van der Waals surface area (Å²) in [7, 11) is 3.67. The Kier molecular flexibility index (Phi) is 16.9. The van der Waals surface area contributed by atoms with E-state index in [2.05, 4.69) is 20.8 Å². The predicted octanol–water partition coefficient (Wildman–Crippen LogP) is 5.73. The molecular weight excluding hydrogens is 839 g/mol. The Balaban J connectivity index is 1.56. The number of ether oxygens (including phenoxy) is 6. The Morgan fingerprint density at radius 1 is 1.05 bits per heavy atom. The summed E-state index contributed by atoms with van der Waals surface area (Å²) in [5.41, 5.74) is -0.699. The zero-order valence-electron chi connectivity index (χ0n) is 39.8. The van der Waals surface area contributed by atoms with Crippen LogP contribution in [-0.4, -0.2) is 131 Å². The molecule has 3 aliphatic rings. The van der Waals surface area contributed by atoms with E-state index in [0.717, 1.165) is 16.8 Å². The number of Topliss-reactive ketones (excluding diaryl/α,β-unsaturated/α-hetero) is 1. The molecule has 14 atom stereocenters. The van der Waals surface area contributed by atoms with Crippen LogP contribution < -0.4 is 10.6 Å². The van der Waals surface area contributed by atoms with E-state index in [1.54, 1.807) is 74.6 Å². The van der Waals surface area contributed by atoms with Crippen LogP contribution in [0.4, 0.5) is 9.59 Å². The lowest BCUT2D eigenvalue weighted by Crippen LogP contribution is -2.61. The first-order valence-electron chi connectivity index (χ1n) is 22.7. The molecule has 1 aromatic heterocycles. The molecule has 17 heteroatoms. The molecule has 3 fully saturated rings. The first-order chi connectivity index (χ1) is 30.6. The zero-order chi connectivity index (χ0) is 48.0. The number of cyclic esters (lactones) is 1. The number of alkyl carbamates (subject to hydrolysis) is 2. The van der Waals surface area contributed by atoms with E-state index in [4.69, 9.17) is 28.4 Å². The van der Waals surface area contributed by atoms with E-state index in [9.17, 15) is 29.1 Å². The molecule has 1 aromatic carbocycles. The van der Waals surface area contributed by atoms with E-state index in [0.29, 0.717) is 6.42 Å². The number of aliphatic hydroxyl groups is 1. The number of aliphatic hydroxyl groups excluding tert-OH is 1. The second kappa shape index (κ2) is 21.6. The first kappa shape index (κ1) is 51.0. The number of fused-ring (bicyclic) bond motifs is 1. The van der Waals surface area contributed by atoms with Crippen molar-refractivity contribution in [2.75, 3.05) is 20.6 Å². The van der Waals surface area contributed by atoms with Crippen molar-refractivity contribution >= 4 is 36.0 Å². The highest BCUT2D eigenvalue weighted by molar-refractivity contribution is 5.85. The normalized spacial score (nSPS) is 34.8. The monoisotopic (exact) mass is 907 g/mol. The maximum atomic E-state index is 14.6. The van der Waals surface area contributed by atoms with Crippen molar-refractivity contribution in [2.45, 2.75) is 149 Å². The first-order valence-corrected chi connectivity index (χ1v) is 22.7. The third-order valence-electron chi connectivity index (χ3n) is 13.1. The summed E-state index contributed by atoms with van der Waals surface area (Å²) in [5.74, 6) is -6.13. The molecule has 0 aliphatic carbocycles. The summed E-state index contributed by atoms with van der Waals surface area (Å²) >= 11 is 0. The molecule has 0 bridgehead atoms. The Morgan fingerprint density at radius 2 is 1.74 bits per heavy atom. The van der Waals surface area contributed by atoms with Gasteiger partial charge in [0.25, 0.3) is 0 Å². The highest BCUT2D eigenvalue weighted by Gasteiger charge is 2.58. The van der Waals surface area contributed by atoms with E-state index >= 15 is 0 Å². The van der Waals surface area contributed by atoms with E-state index in [-0.39, 0.29) is 31.3 Å². The van der Waals surface area contributed by atoms with E-state index in [1.165, 1.54) is 0 Å². The number of esters is 2. The third kappa shape index (κ3) is 11.9. The lowest BCUT2D eigenvalue weighted by molar-refractivity contribution is -0.298. The van der Waals surface area contributed by atoms with Gasteiger partial charge >= 0.3 is 24.1 Å². The molecule has 358 valence electrons. The number of benzene rings is 1. The van der Waals surface area contributed by atoms with Crippen LogP contribution in [0.5, 0.6) is 0 Å². The number of nitrogens with zero attached hydrogens (tertiary/aromatic N) is 3. The summed E-state index contributed by atoms with van der Waals surface area (Å²) in [4.78, 5) is 71.5. The van der Waals surface area contributed by atoms with Gasteiger partial charge in [-0.15, -0.1) is 0 Å². The highest BCUT2D eigenvalue weighted by Crippen LogP contribution is 2.42. The molecule has 3 aliphatic heterocycles. The van der Waals surface area contributed by atoms with Crippen molar-refractivity contribution in [1.82, 2.24) is 25.7 Å². The van der Waals surface area contributed by atoms with E-state index in [1.807, 2.05) is 68.4 Å². The van der Waals surface area contributed by atoms with Crippen molar-refractivity contribution in [3.05, 3.63) is 54.2 Å². The molecule has 0 saturated carbocycles. The molecule has 0 spiro atoms. The maximum Gasteiger partial charge on any atom is 0.408 e. The Hall–Kier alpha value is -4.97. The molecule has 0 unspecified atom stereocenters. The summed E-state index contributed by atoms with van der Waals surface area (Å²) < 4.78 is 37.7. The van der Waals surface area contributed by atoms with Crippen LogP contribution in [-0.2, 0) is 42.8 Å². The van der Waals surface area contributed by atoms with Crippen LogP contribution in [0.3, 0.4) is 0 Å². The van der Waals surface area contributed by atoms with Crippen LogP contribution in [0.25, 0.3) is 17.3 Å². The van der Waals surface area contributed by atoms with Crippen molar-refractivity contribution in [2.24, 2.45) is 29.6 Å². The molecule has 3 saturated heterocycles. The summed E-state index contributed by atoms with van der Waals surface area (Å²) in [5, 5.41) is 25.4. The number of hydrogen-bond donors (Lipinski definition) is 3. The van der Waals surface area contributed by atoms with Gasteiger partial charge in [-0.3, -0.25) is 14.4 Å². The molecule has 0 radical (unpaired) electrons. The van der Waals surface area contributed by atoms with Crippen LogP contribution in [0.15, 0.2) is 48.7 Å². The second-order valence-corrected chi connectivity index (χ2v) is 18.9. The SMILES string of the molecule is CC[C@H]1OC(=O)[C@H](C)[C@@H](OC(=O)C(C)C)[C@H](C)[C@@H](O[C@@H]2O[C@H](C)C[C@H](N(C)C)[C@H]2O)[C@](C)(OC(=O)NC/C=C/c2ccc(-c3cccnn3)cc2)C[C@@H](C)C(=O)[C@H](C)[C@H]2NC(=O)O[C@@]21C. The summed E-state index contributed by atoms with van der Waals surface area (Å²) in [6, 6.07) is 10.0. The van der Waals surface area contributed by atoms with Gasteiger partial charge in [0, 0.05) is 42.1 Å². The van der Waals surface area contributed by atoms with Gasteiger partial charge in [-0.05, 0) is 78.7 Å². The Bertz CT molecular complexity index is 2000. The Morgan fingerprint density at radius 3 is 2.35 bits per heavy atom. The Labute approximate surface area is 382 Å². The number of nitrogens with one attached hydrogen (secondary N) is 2. The van der Waals surface area contributed by atoms with Gasteiger partial charge in [-0.25, -0.2) is 9.59 Å². The van der Waals surface area contributed by atoms with Crippen molar-refractivity contribution in [3.8, 4) is 11.3 Å². The average Bonchev–Trinajstić information content (AvgIpc) is 3.58. The van der Waals surface area contributed by atoms with Gasteiger partial charge in [0.15, 0.2) is 11.9 Å². The number of likely N-dealkylation sites (N-methyl/N-ethyl adjacent to an activating group) is 1. The number of hydrogen-bond acceptors (Lipinski definition) is 15. The largest absolute Gasteiger partial charge is 0.461 e. The van der Waals surface area contributed by atoms with Crippen LogP contribution in [0.2, 0.25) is 0 Å². The number of carbonyl (C=O) groups is 5. The van der Waals surface area contributed by atoms with Crippen molar-refractivity contribution in [1.29, 1.82) is 0 Å². The van der Waals surface area contributed by atoms with Crippen LogP contribution >= 0.6 is 0 Å². The smallest absolute Gasteiger partial charge is 0.408 e. The fourth-order valence-corrected chi connectivity index (χ4v) is 9.51. The number of carbonyl (C=O) groups excluding carboxylic acids is 5. The number of ketones is 1. The van der Waals surface area contributed by atoms with Gasteiger partial charge in [0.2, 0.25) is 0 Å². The predicted molar refractivity (Wildman–Crippen MR) is 240 cm³/mol. The van der Waals surface area contributed by atoms with Crippen LogP contribution in [0.1, 0.15) is 94.1 Å². The van der Waals surface area contributed by atoms with Gasteiger partial charge in [-0.1, -0.05) is 78.0 Å². The fraction of sp³-hybridized carbons (Fsp3) is 0.646. The minimum Gasteiger partial charge on any atom is -0.461 e. The van der Waals surface area contributed by atoms with Gasteiger partial charge in [0.05, 0.1) is 29.7 Å². The third-order valence-corrected chi connectivity index (χ3v) is 13.1. The maximum absolute atomic E-state index is 14.6. The number of aromatic nitrogens is 2. The lowest BCUT2D eigenvalue weighted by Gasteiger charge is -2.48. The lowest BCUT2D eigenvalue weighted by atomic mass is 9.73. The van der Waals surface area contributed by atoms with Crippen molar-refractivity contribution in [3.63, 3.8) is 0 Å². The summed E-state index contributed by atoms with van der Waals surface area (Å²) in [6.07, 6.45) is -2.25. The fourth-order valence-electron chi connectivity index (χ4n) is 9.51. The minimum absolute atomic E-state index is 0.0515. The second-order valence-electron chi connectivity index (χ2n) is 18.9. The zero-order valence-corrected chi connectivity index (χ0v) is 39.8. The van der Waals surface area contributed by atoms with E-state index < -0.39 is 108 Å². The summed E-state index contributed by atoms with van der Waals surface area (Å²) in [6.45, 7) is 16.9. The number of rotatable bonds is 11. The molecule has 2 aromatic rings. The molecule has 3 N–H and O–H groups in total. The standard InChI is InChI=1S/C48H69N5O12/c1-13-36-48(10)40(51-46(59)65-48)29(6)37(54)27(4)25-47(9,64-45(58)49-22-14-16-32-18-20-33(21-19-32)34-17-15-23-50-52-34)41(63-44-38(55)35(53(11)12)24-28(5)60-44)30(7)39(31(8)43(57)61-36)62-42(56)26(2)3/h14-21,23,26-31,35-36,38-41,44,55H,13,22,24-25H2,1-12H3,(H,49,58)(H,51,59)/b16-14+/t27-,28-,29+,30+,31-,35+,36-,38-,39+,40-,41-,44+,47-,48-/m1/s1. The average molecular weight is 908 g/mol. The minimum atomic E-state index is -1.74.